The van der Waals surface area contributed by atoms with Gasteiger partial charge in [-0.15, -0.1) is 0 Å². The second-order valence-electron chi connectivity index (χ2n) is 9.90. The minimum atomic E-state index is -2.71. The van der Waals surface area contributed by atoms with Gasteiger partial charge in [0.05, 0.1) is 24.3 Å². The van der Waals surface area contributed by atoms with E-state index >= 15 is 0 Å². The molecule has 1 aromatic carbocycles. The Labute approximate surface area is 181 Å². The molecule has 0 unspecified atom stereocenters. The molecule has 0 aromatic heterocycles. The third-order valence-corrected chi connectivity index (χ3v) is 7.03. The molecule has 3 aliphatic rings. The predicted molar refractivity (Wildman–Crippen MR) is 111 cm³/mol. The number of alkyl halides is 2. The van der Waals surface area contributed by atoms with Gasteiger partial charge in [0.2, 0.25) is 5.92 Å². The summed E-state index contributed by atoms with van der Waals surface area (Å²) in [6.45, 7) is 7.91. The Kier molecular flexibility index (Phi) is 5.21. The third kappa shape index (κ3) is 4.22. The van der Waals surface area contributed by atoms with E-state index in [0.29, 0.717) is 5.56 Å². The van der Waals surface area contributed by atoms with E-state index in [1.165, 1.54) is 4.90 Å². The van der Waals surface area contributed by atoms with Gasteiger partial charge in [-0.25, -0.2) is 13.6 Å². The van der Waals surface area contributed by atoms with Crippen molar-refractivity contribution in [1.82, 2.24) is 4.90 Å². The van der Waals surface area contributed by atoms with Gasteiger partial charge in [0.1, 0.15) is 5.60 Å². The highest BCUT2D eigenvalue weighted by Crippen LogP contribution is 2.43. The second kappa shape index (κ2) is 7.27. The Morgan fingerprint density at radius 1 is 1.00 bits per heavy atom. The van der Waals surface area contributed by atoms with Gasteiger partial charge in [-0.05, 0) is 46.0 Å². The number of Topliss-reactive ketones (excluding diaryl/α,β-unsaturated/α-hetero) is 1. The summed E-state index contributed by atoms with van der Waals surface area (Å²) in [5, 5.41) is 0. The Morgan fingerprint density at radius 3 is 2.10 bits per heavy atom. The van der Waals surface area contributed by atoms with Crippen LogP contribution in [0, 0.1) is 0 Å². The molecule has 2 saturated heterocycles. The molecule has 1 aliphatic carbocycles. The molecule has 1 aromatic rings. The quantitative estimate of drug-likeness (QED) is 0.535. The molecule has 2 heterocycles. The van der Waals surface area contributed by atoms with Crippen LogP contribution < -0.4 is 5.46 Å². The summed E-state index contributed by atoms with van der Waals surface area (Å²) in [6.07, 6.45) is -1.00. The summed E-state index contributed by atoms with van der Waals surface area (Å²) in [5.74, 6) is -2.95. The molecular formula is C22H28BF2NO5. The lowest BCUT2D eigenvalue weighted by Gasteiger charge is -2.34. The normalized spacial score (nSPS) is 25.7. The third-order valence-electron chi connectivity index (χ3n) is 7.03. The SMILES string of the molecule is CC1(C)OB(c2ccc(C(=O)CN3CC4(CCC(F)(F)CC4)OC3=O)cc2)OC1(C)C. The summed E-state index contributed by atoms with van der Waals surface area (Å²) in [7, 11) is -0.521. The van der Waals surface area contributed by atoms with Crippen molar-refractivity contribution in [2.24, 2.45) is 0 Å². The minimum Gasteiger partial charge on any atom is -0.441 e. The highest BCUT2D eigenvalue weighted by molar-refractivity contribution is 6.62. The average molecular weight is 435 g/mol. The predicted octanol–water partition coefficient (Wildman–Crippen LogP) is 3.57. The van der Waals surface area contributed by atoms with Gasteiger partial charge in [-0.3, -0.25) is 9.69 Å². The van der Waals surface area contributed by atoms with Crippen molar-refractivity contribution < 1.29 is 32.4 Å². The van der Waals surface area contributed by atoms with Gasteiger partial charge < -0.3 is 14.0 Å². The number of ketones is 1. The van der Waals surface area contributed by atoms with Crippen molar-refractivity contribution >= 4 is 24.5 Å². The summed E-state index contributed by atoms with van der Waals surface area (Å²) >= 11 is 0. The number of carbonyl (C=O) groups is 2. The zero-order chi connectivity index (χ0) is 22.7. The molecule has 1 amide bonds. The summed E-state index contributed by atoms with van der Waals surface area (Å²) < 4.78 is 44.4. The van der Waals surface area contributed by atoms with Crippen molar-refractivity contribution in [3.63, 3.8) is 0 Å². The van der Waals surface area contributed by atoms with E-state index in [4.69, 9.17) is 14.0 Å². The summed E-state index contributed by atoms with van der Waals surface area (Å²) in [6, 6.07) is 6.92. The zero-order valence-electron chi connectivity index (χ0n) is 18.4. The van der Waals surface area contributed by atoms with Crippen LogP contribution in [0.1, 0.15) is 63.7 Å². The monoisotopic (exact) mass is 435 g/mol. The average Bonchev–Trinajstić information content (AvgIpc) is 3.10. The number of hydrogen-bond acceptors (Lipinski definition) is 5. The molecule has 31 heavy (non-hydrogen) atoms. The Balaban J connectivity index is 1.38. The molecule has 0 atom stereocenters. The first-order valence-electron chi connectivity index (χ1n) is 10.7. The Bertz CT molecular complexity index is 860. The second-order valence-corrected chi connectivity index (χ2v) is 9.90. The van der Waals surface area contributed by atoms with Gasteiger partial charge >= 0.3 is 13.2 Å². The summed E-state index contributed by atoms with van der Waals surface area (Å²) in [5.41, 5.74) is -0.565. The zero-order valence-corrected chi connectivity index (χ0v) is 18.4. The molecule has 1 spiro atoms. The number of amides is 1. The van der Waals surface area contributed by atoms with E-state index in [9.17, 15) is 18.4 Å². The molecule has 168 valence electrons. The van der Waals surface area contributed by atoms with Crippen LogP contribution in [0.2, 0.25) is 0 Å². The van der Waals surface area contributed by atoms with E-state index in [2.05, 4.69) is 0 Å². The molecule has 2 aliphatic heterocycles. The maximum absolute atomic E-state index is 13.5. The van der Waals surface area contributed by atoms with Crippen molar-refractivity contribution in [2.75, 3.05) is 13.1 Å². The molecule has 0 radical (unpaired) electrons. The van der Waals surface area contributed by atoms with Crippen LogP contribution in [0.15, 0.2) is 24.3 Å². The van der Waals surface area contributed by atoms with E-state index in [0.717, 1.165) is 5.46 Å². The number of rotatable bonds is 4. The number of nitrogens with zero attached hydrogens (tertiary/aromatic N) is 1. The van der Waals surface area contributed by atoms with Crippen LogP contribution in [0.25, 0.3) is 0 Å². The molecule has 4 rings (SSSR count). The van der Waals surface area contributed by atoms with Crippen LogP contribution in [0.3, 0.4) is 0 Å². The number of benzene rings is 1. The smallest absolute Gasteiger partial charge is 0.441 e. The molecule has 6 nitrogen and oxygen atoms in total. The fourth-order valence-electron chi connectivity index (χ4n) is 4.22. The highest BCUT2D eigenvalue weighted by atomic mass is 19.3. The molecule has 1 saturated carbocycles. The minimum absolute atomic E-state index is 0.110. The van der Waals surface area contributed by atoms with Crippen molar-refractivity contribution in [3.05, 3.63) is 29.8 Å². The Morgan fingerprint density at radius 2 is 1.55 bits per heavy atom. The molecule has 3 fully saturated rings. The fraction of sp³-hybridized carbons (Fsp3) is 0.636. The Hall–Kier alpha value is -2.00. The first kappa shape index (κ1) is 22.2. The standard InChI is InChI=1S/C22H28BF2NO5/c1-19(2)20(3,4)31-23(30-19)16-7-5-15(6-8-16)17(27)13-26-14-21(29-18(26)28)9-11-22(24,25)12-10-21/h5-8H,9-14H2,1-4H3. The molecule has 0 bridgehead atoms. The number of carbonyl (C=O) groups excluding carboxylic acids is 2. The largest absolute Gasteiger partial charge is 0.494 e. The van der Waals surface area contributed by atoms with Crippen LogP contribution in [0.4, 0.5) is 13.6 Å². The van der Waals surface area contributed by atoms with Crippen LogP contribution >= 0.6 is 0 Å². The van der Waals surface area contributed by atoms with Crippen LogP contribution in [-0.2, 0) is 14.0 Å². The van der Waals surface area contributed by atoms with Gasteiger partial charge in [-0.2, -0.15) is 0 Å². The van der Waals surface area contributed by atoms with E-state index < -0.39 is 35.9 Å². The van der Waals surface area contributed by atoms with E-state index in [1.807, 2.05) is 27.7 Å². The van der Waals surface area contributed by atoms with Crippen molar-refractivity contribution in [3.8, 4) is 0 Å². The lowest BCUT2D eigenvalue weighted by Crippen LogP contribution is -2.42. The lowest BCUT2D eigenvalue weighted by molar-refractivity contribution is -0.0910. The highest BCUT2D eigenvalue weighted by Gasteiger charge is 2.52. The number of halogens is 2. The first-order valence-corrected chi connectivity index (χ1v) is 10.7. The molecule has 9 heteroatoms. The maximum atomic E-state index is 13.5. The number of ether oxygens (including phenoxy) is 1. The fourth-order valence-corrected chi connectivity index (χ4v) is 4.22. The van der Waals surface area contributed by atoms with Crippen molar-refractivity contribution in [2.45, 2.75) is 76.1 Å². The van der Waals surface area contributed by atoms with E-state index in [1.54, 1.807) is 24.3 Å². The lowest BCUT2D eigenvalue weighted by atomic mass is 9.78. The van der Waals surface area contributed by atoms with Crippen LogP contribution in [0.5, 0.6) is 0 Å². The maximum Gasteiger partial charge on any atom is 0.494 e. The van der Waals surface area contributed by atoms with Gasteiger partial charge in [0, 0.05) is 18.4 Å². The van der Waals surface area contributed by atoms with Crippen LogP contribution in [-0.4, -0.2) is 59.7 Å². The molecule has 0 N–H and O–H groups in total. The van der Waals surface area contributed by atoms with Gasteiger partial charge in [0.15, 0.2) is 5.78 Å². The van der Waals surface area contributed by atoms with Gasteiger partial charge in [0.25, 0.3) is 0 Å². The van der Waals surface area contributed by atoms with Crippen molar-refractivity contribution in [1.29, 1.82) is 0 Å². The summed E-state index contributed by atoms with van der Waals surface area (Å²) in [4.78, 5) is 26.3. The number of hydrogen-bond donors (Lipinski definition) is 0. The van der Waals surface area contributed by atoms with E-state index in [-0.39, 0.29) is 44.6 Å². The topological polar surface area (TPSA) is 65.1 Å². The molecular weight excluding hydrogens is 407 g/mol. The first-order chi connectivity index (χ1) is 14.3. The van der Waals surface area contributed by atoms with Gasteiger partial charge in [-0.1, -0.05) is 24.3 Å².